The monoisotopic (exact) mass is 367 g/mol. The largest absolute Gasteiger partial charge is 0.350 e. The number of rotatable bonds is 10. The molecule has 136 valence electrons. The molecule has 0 aliphatic rings. The summed E-state index contributed by atoms with van der Waals surface area (Å²) in [6.45, 7) is 1.90. The lowest BCUT2D eigenvalue weighted by molar-refractivity contribution is -0.129. The number of nitrogens with one attached hydrogen (secondary N) is 3. The smallest absolute Gasteiger partial charge is 0.242 e. The summed E-state index contributed by atoms with van der Waals surface area (Å²) in [6.07, 6.45) is 2.58. The third-order valence-corrected chi connectivity index (χ3v) is 4.50. The van der Waals surface area contributed by atoms with E-state index in [9.17, 15) is 18.8 Å². The average molecular weight is 367 g/mol. The molecule has 0 fully saturated rings. The third kappa shape index (κ3) is 7.47. The Kier molecular flexibility index (Phi) is 8.83. The molecule has 0 radical (unpaired) electrons. The van der Waals surface area contributed by atoms with Gasteiger partial charge in [0.25, 0.3) is 0 Å². The number of benzene rings is 1. The Hall–Kier alpha value is -2.22. The Morgan fingerprint density at radius 3 is 2.44 bits per heavy atom. The summed E-state index contributed by atoms with van der Waals surface area (Å²) in [5.41, 5.74) is 0.716. The van der Waals surface area contributed by atoms with Crippen molar-refractivity contribution in [3.63, 3.8) is 0 Å². The molecule has 0 bridgehead atoms. The van der Waals surface area contributed by atoms with Crippen LogP contribution >= 0.6 is 11.8 Å². The first kappa shape index (κ1) is 20.8. The second-order valence-corrected chi connectivity index (χ2v) is 6.61. The van der Waals surface area contributed by atoms with E-state index in [-0.39, 0.29) is 36.4 Å². The SMILES string of the molecule is CS[C@@H](C)C(=O)N[C@@H](CCC(=O)C=N)C(=O)NCc1ccc(F)cc1. The molecule has 0 aliphatic carbocycles. The van der Waals surface area contributed by atoms with Crippen molar-refractivity contribution < 1.29 is 18.8 Å². The van der Waals surface area contributed by atoms with E-state index in [1.807, 2.05) is 0 Å². The van der Waals surface area contributed by atoms with Crippen molar-refractivity contribution >= 4 is 35.6 Å². The zero-order valence-electron chi connectivity index (χ0n) is 14.2. The van der Waals surface area contributed by atoms with E-state index in [4.69, 9.17) is 5.41 Å². The second-order valence-electron chi connectivity index (χ2n) is 5.43. The molecule has 0 heterocycles. The van der Waals surface area contributed by atoms with Gasteiger partial charge in [-0.25, -0.2) is 4.39 Å². The fourth-order valence-electron chi connectivity index (χ4n) is 1.94. The van der Waals surface area contributed by atoms with Crippen molar-refractivity contribution in [1.29, 1.82) is 5.41 Å². The van der Waals surface area contributed by atoms with Gasteiger partial charge in [-0.2, -0.15) is 11.8 Å². The molecule has 0 saturated carbocycles. The van der Waals surface area contributed by atoms with Crippen molar-refractivity contribution in [3.8, 4) is 0 Å². The van der Waals surface area contributed by atoms with Crippen molar-refractivity contribution in [3.05, 3.63) is 35.6 Å². The number of halogens is 1. The average Bonchev–Trinajstić information content (AvgIpc) is 2.62. The minimum Gasteiger partial charge on any atom is -0.350 e. The van der Waals surface area contributed by atoms with Gasteiger partial charge in [0.15, 0.2) is 5.78 Å². The highest BCUT2D eigenvalue weighted by molar-refractivity contribution is 7.99. The van der Waals surface area contributed by atoms with E-state index in [0.717, 1.165) is 0 Å². The van der Waals surface area contributed by atoms with Crippen LogP contribution in [0.1, 0.15) is 25.3 Å². The molecule has 8 heteroatoms. The molecule has 1 rings (SSSR count). The summed E-state index contributed by atoms with van der Waals surface area (Å²) in [6, 6.07) is 4.83. The number of Topliss-reactive ketones (excluding diaryl/α,β-unsaturated/α-hetero) is 1. The second kappa shape index (κ2) is 10.6. The van der Waals surface area contributed by atoms with E-state index < -0.39 is 17.7 Å². The summed E-state index contributed by atoms with van der Waals surface area (Å²) in [5.74, 6) is -1.50. The van der Waals surface area contributed by atoms with E-state index in [2.05, 4.69) is 10.6 Å². The number of carbonyl (C=O) groups is 3. The van der Waals surface area contributed by atoms with Crippen LogP contribution in [0.3, 0.4) is 0 Å². The molecule has 1 aromatic carbocycles. The number of thioether (sulfide) groups is 1. The number of hydrogen-bond acceptors (Lipinski definition) is 5. The van der Waals surface area contributed by atoms with Crippen LogP contribution in [0.2, 0.25) is 0 Å². The molecular weight excluding hydrogens is 345 g/mol. The molecule has 0 spiro atoms. The topological polar surface area (TPSA) is 99.1 Å². The van der Waals surface area contributed by atoms with Gasteiger partial charge in [0, 0.05) is 13.0 Å². The number of ketones is 1. The zero-order valence-corrected chi connectivity index (χ0v) is 15.0. The van der Waals surface area contributed by atoms with Gasteiger partial charge >= 0.3 is 0 Å². The van der Waals surface area contributed by atoms with Crippen LogP contribution < -0.4 is 10.6 Å². The maximum absolute atomic E-state index is 12.9. The lowest BCUT2D eigenvalue weighted by atomic mass is 10.1. The van der Waals surface area contributed by atoms with Crippen LogP contribution in [0.25, 0.3) is 0 Å². The molecule has 0 aromatic heterocycles. The minimum absolute atomic E-state index is 0.00787. The molecular formula is C17H22FN3O3S. The molecule has 2 amide bonds. The predicted molar refractivity (Wildman–Crippen MR) is 96.2 cm³/mol. The van der Waals surface area contributed by atoms with Gasteiger partial charge < -0.3 is 16.0 Å². The van der Waals surface area contributed by atoms with Crippen molar-refractivity contribution in [2.75, 3.05) is 6.26 Å². The highest BCUT2D eigenvalue weighted by atomic mass is 32.2. The maximum atomic E-state index is 12.9. The van der Waals surface area contributed by atoms with Gasteiger partial charge in [-0.15, -0.1) is 0 Å². The van der Waals surface area contributed by atoms with Gasteiger partial charge in [-0.3, -0.25) is 14.4 Å². The van der Waals surface area contributed by atoms with E-state index in [1.165, 1.54) is 23.9 Å². The fraction of sp³-hybridized carbons (Fsp3) is 0.412. The third-order valence-electron chi connectivity index (χ3n) is 3.58. The molecule has 6 nitrogen and oxygen atoms in total. The molecule has 25 heavy (non-hydrogen) atoms. The summed E-state index contributed by atoms with van der Waals surface area (Å²) >= 11 is 1.34. The highest BCUT2D eigenvalue weighted by Gasteiger charge is 2.23. The molecule has 3 N–H and O–H groups in total. The number of carbonyl (C=O) groups excluding carboxylic acids is 3. The van der Waals surface area contributed by atoms with E-state index in [1.54, 1.807) is 25.3 Å². The Labute approximate surface area is 150 Å². The van der Waals surface area contributed by atoms with Crippen molar-refractivity contribution in [1.82, 2.24) is 10.6 Å². The van der Waals surface area contributed by atoms with E-state index >= 15 is 0 Å². The fourth-order valence-corrected chi connectivity index (χ4v) is 2.22. The number of amides is 2. The molecule has 0 unspecified atom stereocenters. The predicted octanol–water partition coefficient (Wildman–Crippen LogP) is 1.68. The minimum atomic E-state index is -0.869. The van der Waals surface area contributed by atoms with Crippen LogP contribution in [0.4, 0.5) is 4.39 Å². The van der Waals surface area contributed by atoms with Crippen LogP contribution in [0.15, 0.2) is 24.3 Å². The molecule has 1 aromatic rings. The quantitative estimate of drug-likeness (QED) is 0.548. The first-order valence-corrected chi connectivity index (χ1v) is 9.04. The lowest BCUT2D eigenvalue weighted by Crippen LogP contribution is -2.48. The summed E-state index contributed by atoms with van der Waals surface area (Å²) in [4.78, 5) is 35.7. The summed E-state index contributed by atoms with van der Waals surface area (Å²) in [5, 5.41) is 11.9. The standard InChI is InChI=1S/C17H22FN3O3S/c1-11(25-2)16(23)21-15(8-7-14(22)9-19)17(24)20-10-12-3-5-13(18)6-4-12/h3-6,9,11,15,19H,7-8,10H2,1-2H3,(H,20,24)(H,21,23)/t11-,15-/m0/s1. The molecule has 0 saturated heterocycles. The van der Waals surface area contributed by atoms with Crippen LogP contribution in [-0.4, -0.2) is 41.4 Å². The Balaban J connectivity index is 2.69. The van der Waals surface area contributed by atoms with Gasteiger partial charge in [0.2, 0.25) is 11.8 Å². The number of hydrogen-bond donors (Lipinski definition) is 3. The van der Waals surface area contributed by atoms with Gasteiger partial charge in [0.1, 0.15) is 11.9 Å². The van der Waals surface area contributed by atoms with Crippen LogP contribution in [-0.2, 0) is 20.9 Å². The van der Waals surface area contributed by atoms with Gasteiger partial charge in [-0.05, 0) is 37.3 Å². The van der Waals surface area contributed by atoms with Crippen LogP contribution in [0.5, 0.6) is 0 Å². The van der Waals surface area contributed by atoms with Crippen molar-refractivity contribution in [2.24, 2.45) is 0 Å². The Morgan fingerprint density at radius 1 is 1.24 bits per heavy atom. The van der Waals surface area contributed by atoms with Crippen molar-refractivity contribution in [2.45, 2.75) is 37.6 Å². The maximum Gasteiger partial charge on any atom is 0.242 e. The van der Waals surface area contributed by atoms with Gasteiger partial charge in [-0.1, -0.05) is 12.1 Å². The Morgan fingerprint density at radius 2 is 1.88 bits per heavy atom. The summed E-state index contributed by atoms with van der Waals surface area (Å²) in [7, 11) is 0. The highest BCUT2D eigenvalue weighted by Crippen LogP contribution is 2.08. The van der Waals surface area contributed by atoms with E-state index in [0.29, 0.717) is 11.8 Å². The Bertz CT molecular complexity index is 622. The summed E-state index contributed by atoms with van der Waals surface area (Å²) < 4.78 is 12.9. The first-order chi connectivity index (χ1) is 11.9. The van der Waals surface area contributed by atoms with Crippen LogP contribution in [0, 0.1) is 11.2 Å². The lowest BCUT2D eigenvalue weighted by Gasteiger charge is -2.20. The first-order valence-electron chi connectivity index (χ1n) is 7.76. The zero-order chi connectivity index (χ0) is 18.8. The normalized spacial score (nSPS) is 12.8. The molecule has 2 atom stereocenters. The van der Waals surface area contributed by atoms with Gasteiger partial charge in [0.05, 0.1) is 11.5 Å². The molecule has 0 aliphatic heterocycles.